The Morgan fingerprint density at radius 3 is 2.24 bits per heavy atom. The Morgan fingerprint density at radius 2 is 1.64 bits per heavy atom. The Morgan fingerprint density at radius 1 is 1.00 bits per heavy atom. The molecule has 2 aromatic carbocycles. The molecule has 0 spiro atoms. The third-order valence-electron chi connectivity index (χ3n) is 3.77. The molecule has 0 fully saturated rings. The van der Waals surface area contributed by atoms with E-state index in [1.165, 1.54) is 0 Å². The third-order valence-corrected chi connectivity index (χ3v) is 3.77. The normalized spacial score (nSPS) is 11.8. The molecule has 3 N–H and O–H groups in total. The average Bonchev–Trinajstić information content (AvgIpc) is 2.59. The number of hydrogen-bond acceptors (Lipinski definition) is 3. The molecule has 0 bridgehead atoms. The predicted molar refractivity (Wildman–Crippen MR) is 97.3 cm³/mol. The number of aromatic hydroxyl groups is 1. The SMILES string of the molecule is CC(C)NC(=O)CNC(=O)[C@H](Cc1ccc(O)cc1)c1ccccc1. The van der Waals surface area contributed by atoms with E-state index in [2.05, 4.69) is 10.6 Å². The first-order valence-electron chi connectivity index (χ1n) is 8.35. The molecule has 0 unspecified atom stereocenters. The average molecular weight is 340 g/mol. The molecule has 2 amide bonds. The van der Waals surface area contributed by atoms with Crippen LogP contribution in [0.4, 0.5) is 0 Å². The molecular weight excluding hydrogens is 316 g/mol. The first kappa shape index (κ1) is 18.5. The quantitative estimate of drug-likeness (QED) is 0.724. The molecule has 2 aromatic rings. The lowest BCUT2D eigenvalue weighted by Crippen LogP contribution is -2.41. The van der Waals surface area contributed by atoms with E-state index in [1.54, 1.807) is 24.3 Å². The van der Waals surface area contributed by atoms with Crippen LogP contribution in [0.15, 0.2) is 54.6 Å². The van der Waals surface area contributed by atoms with Crippen molar-refractivity contribution in [3.8, 4) is 5.75 Å². The summed E-state index contributed by atoms with van der Waals surface area (Å²) in [6.07, 6.45) is 0.488. The zero-order chi connectivity index (χ0) is 18.2. The second-order valence-corrected chi connectivity index (χ2v) is 6.27. The van der Waals surface area contributed by atoms with Gasteiger partial charge in [-0.25, -0.2) is 0 Å². The highest BCUT2D eigenvalue weighted by Crippen LogP contribution is 2.22. The van der Waals surface area contributed by atoms with Gasteiger partial charge in [-0.05, 0) is 43.5 Å². The van der Waals surface area contributed by atoms with Crippen LogP contribution in [0.3, 0.4) is 0 Å². The van der Waals surface area contributed by atoms with Gasteiger partial charge < -0.3 is 15.7 Å². The van der Waals surface area contributed by atoms with Crippen LogP contribution in [0.25, 0.3) is 0 Å². The predicted octanol–water partition coefficient (Wildman–Crippen LogP) is 2.36. The molecule has 25 heavy (non-hydrogen) atoms. The zero-order valence-corrected chi connectivity index (χ0v) is 14.5. The lowest BCUT2D eigenvalue weighted by atomic mass is 9.91. The second kappa shape index (κ2) is 8.87. The molecule has 0 saturated heterocycles. The number of nitrogens with one attached hydrogen (secondary N) is 2. The summed E-state index contributed by atoms with van der Waals surface area (Å²) >= 11 is 0. The van der Waals surface area contributed by atoms with Crippen LogP contribution in [0.1, 0.15) is 30.9 Å². The van der Waals surface area contributed by atoms with E-state index in [0.717, 1.165) is 11.1 Å². The maximum absolute atomic E-state index is 12.7. The highest BCUT2D eigenvalue weighted by molar-refractivity contribution is 5.88. The molecule has 5 nitrogen and oxygen atoms in total. The summed E-state index contributed by atoms with van der Waals surface area (Å²) < 4.78 is 0. The van der Waals surface area contributed by atoms with Gasteiger partial charge in [0, 0.05) is 6.04 Å². The zero-order valence-electron chi connectivity index (χ0n) is 14.5. The molecule has 132 valence electrons. The number of carbonyl (C=O) groups is 2. The van der Waals surface area contributed by atoms with E-state index in [0.29, 0.717) is 6.42 Å². The number of phenols is 1. The van der Waals surface area contributed by atoms with Gasteiger partial charge in [-0.15, -0.1) is 0 Å². The number of hydrogen-bond donors (Lipinski definition) is 3. The Bertz CT molecular complexity index is 697. The van der Waals surface area contributed by atoms with Gasteiger partial charge in [0.2, 0.25) is 11.8 Å². The van der Waals surface area contributed by atoms with Crippen LogP contribution in [-0.4, -0.2) is 29.5 Å². The first-order chi connectivity index (χ1) is 12.0. The minimum Gasteiger partial charge on any atom is -0.508 e. The largest absolute Gasteiger partial charge is 0.508 e. The van der Waals surface area contributed by atoms with Gasteiger partial charge in [-0.2, -0.15) is 0 Å². The minimum absolute atomic E-state index is 0.0336. The van der Waals surface area contributed by atoms with E-state index >= 15 is 0 Å². The second-order valence-electron chi connectivity index (χ2n) is 6.27. The lowest BCUT2D eigenvalue weighted by molar-refractivity contribution is -0.127. The van der Waals surface area contributed by atoms with Gasteiger partial charge in [-0.3, -0.25) is 9.59 Å². The molecule has 0 saturated carbocycles. The maximum Gasteiger partial charge on any atom is 0.239 e. The van der Waals surface area contributed by atoms with Crippen LogP contribution < -0.4 is 10.6 Å². The Kier molecular flexibility index (Phi) is 6.57. The summed E-state index contributed by atoms with van der Waals surface area (Å²) in [5.74, 6) is -0.620. The number of rotatable bonds is 7. The van der Waals surface area contributed by atoms with Gasteiger partial charge in [0.1, 0.15) is 5.75 Å². The van der Waals surface area contributed by atoms with Crippen molar-refractivity contribution < 1.29 is 14.7 Å². The van der Waals surface area contributed by atoms with Gasteiger partial charge in [-0.1, -0.05) is 42.5 Å². The van der Waals surface area contributed by atoms with Crippen LogP contribution >= 0.6 is 0 Å². The Labute approximate surface area is 148 Å². The topological polar surface area (TPSA) is 78.4 Å². The van der Waals surface area contributed by atoms with Crippen molar-refractivity contribution in [2.24, 2.45) is 0 Å². The fourth-order valence-electron chi connectivity index (χ4n) is 2.58. The summed E-state index contributed by atoms with van der Waals surface area (Å²) in [5.41, 5.74) is 1.82. The molecule has 0 aliphatic carbocycles. The summed E-state index contributed by atoms with van der Waals surface area (Å²) in [6, 6.07) is 16.3. The van der Waals surface area contributed by atoms with Crippen molar-refractivity contribution in [3.05, 3.63) is 65.7 Å². The van der Waals surface area contributed by atoms with Crippen LogP contribution in [0.5, 0.6) is 5.75 Å². The summed E-state index contributed by atoms with van der Waals surface area (Å²) in [5, 5.41) is 14.9. The lowest BCUT2D eigenvalue weighted by Gasteiger charge is -2.18. The minimum atomic E-state index is -0.405. The summed E-state index contributed by atoms with van der Waals surface area (Å²) in [4.78, 5) is 24.4. The number of amides is 2. The van der Waals surface area contributed by atoms with Crippen molar-refractivity contribution in [2.45, 2.75) is 32.2 Å². The number of carbonyl (C=O) groups excluding carboxylic acids is 2. The van der Waals surface area contributed by atoms with E-state index in [4.69, 9.17) is 0 Å². The van der Waals surface area contributed by atoms with Crippen LogP contribution in [0.2, 0.25) is 0 Å². The van der Waals surface area contributed by atoms with E-state index in [9.17, 15) is 14.7 Å². The summed E-state index contributed by atoms with van der Waals surface area (Å²) in [7, 11) is 0. The highest BCUT2D eigenvalue weighted by atomic mass is 16.3. The van der Waals surface area contributed by atoms with Crippen molar-refractivity contribution in [1.29, 1.82) is 0 Å². The van der Waals surface area contributed by atoms with Crippen LogP contribution in [-0.2, 0) is 16.0 Å². The Balaban J connectivity index is 2.10. The van der Waals surface area contributed by atoms with Gasteiger partial charge >= 0.3 is 0 Å². The maximum atomic E-state index is 12.7. The van der Waals surface area contributed by atoms with E-state index < -0.39 is 5.92 Å². The Hall–Kier alpha value is -2.82. The standard InChI is InChI=1S/C20H24N2O3/c1-14(2)22-19(24)13-21-20(25)18(16-6-4-3-5-7-16)12-15-8-10-17(23)11-9-15/h3-11,14,18,23H,12-13H2,1-2H3,(H,21,25)(H,22,24)/t18-/m1/s1. The molecule has 1 atom stereocenters. The molecular formula is C20H24N2O3. The van der Waals surface area contributed by atoms with Gasteiger partial charge in [0.05, 0.1) is 12.5 Å². The summed E-state index contributed by atoms with van der Waals surface area (Å²) in [6.45, 7) is 3.70. The molecule has 5 heteroatoms. The number of benzene rings is 2. The fraction of sp³-hybridized carbons (Fsp3) is 0.300. The molecule has 0 aliphatic heterocycles. The third kappa shape index (κ3) is 5.95. The van der Waals surface area contributed by atoms with Gasteiger partial charge in [0.25, 0.3) is 0 Å². The van der Waals surface area contributed by atoms with Crippen molar-refractivity contribution in [3.63, 3.8) is 0 Å². The number of phenolic OH excluding ortho intramolecular Hbond substituents is 1. The molecule has 0 aliphatic rings. The van der Waals surface area contributed by atoms with E-state index in [1.807, 2.05) is 44.2 Å². The van der Waals surface area contributed by atoms with E-state index in [-0.39, 0.29) is 30.2 Å². The smallest absolute Gasteiger partial charge is 0.239 e. The molecule has 0 heterocycles. The van der Waals surface area contributed by atoms with Crippen molar-refractivity contribution >= 4 is 11.8 Å². The molecule has 0 aromatic heterocycles. The highest BCUT2D eigenvalue weighted by Gasteiger charge is 2.21. The van der Waals surface area contributed by atoms with Crippen molar-refractivity contribution in [2.75, 3.05) is 6.54 Å². The van der Waals surface area contributed by atoms with Gasteiger partial charge in [0.15, 0.2) is 0 Å². The molecule has 0 radical (unpaired) electrons. The molecule has 2 rings (SSSR count). The van der Waals surface area contributed by atoms with Crippen molar-refractivity contribution in [1.82, 2.24) is 10.6 Å². The first-order valence-corrected chi connectivity index (χ1v) is 8.35. The van der Waals surface area contributed by atoms with Crippen LogP contribution in [0, 0.1) is 0 Å². The monoisotopic (exact) mass is 340 g/mol. The fourth-order valence-corrected chi connectivity index (χ4v) is 2.58.